The van der Waals surface area contributed by atoms with E-state index in [-0.39, 0.29) is 0 Å². The highest BCUT2D eigenvalue weighted by atomic mass is 32.1. The molecule has 3 aromatic heterocycles. The molecule has 8 nitrogen and oxygen atoms in total. The number of nitrogens with one attached hydrogen (secondary N) is 2. The van der Waals surface area contributed by atoms with E-state index in [2.05, 4.69) is 47.9 Å². The zero-order chi connectivity index (χ0) is 29.7. The summed E-state index contributed by atoms with van der Waals surface area (Å²) in [5.74, 6) is 2.06. The van der Waals surface area contributed by atoms with E-state index in [0.717, 1.165) is 63.4 Å². The van der Waals surface area contributed by atoms with Gasteiger partial charge in [-0.1, -0.05) is 12.1 Å². The Hall–Kier alpha value is -4.36. The fourth-order valence-corrected chi connectivity index (χ4v) is 6.71. The van der Waals surface area contributed by atoms with E-state index in [1.54, 1.807) is 0 Å². The van der Waals surface area contributed by atoms with Crippen molar-refractivity contribution in [3.63, 3.8) is 0 Å². The normalized spacial score (nSPS) is 12.1. The van der Waals surface area contributed by atoms with Crippen molar-refractivity contribution in [2.24, 2.45) is 0 Å². The second-order valence-corrected chi connectivity index (χ2v) is 12.5. The van der Waals surface area contributed by atoms with Crippen LogP contribution < -0.4 is 0 Å². The van der Waals surface area contributed by atoms with Crippen molar-refractivity contribution in [3.05, 3.63) is 72.8 Å². The van der Waals surface area contributed by atoms with Gasteiger partial charge in [0.15, 0.2) is 23.3 Å². The van der Waals surface area contributed by atoms with Gasteiger partial charge in [0.1, 0.15) is 22.6 Å². The van der Waals surface area contributed by atoms with Gasteiger partial charge in [-0.2, -0.15) is 0 Å². The zero-order valence-electron chi connectivity index (χ0n) is 22.4. The van der Waals surface area contributed by atoms with Gasteiger partial charge in [0.25, 0.3) is 0 Å². The number of hydrogen-bond acceptors (Lipinski definition) is 10. The standard InChI is InChI=1S/C32H18N8S4/c41-13-4-7-16-20(10-13)29-33-25(16)35-30-22-12-15(43)6-9-18(22)27(37-30)39-32-24-19(2-1-3-23(24)44)28(40-32)38-31-21-11-14(42)5-8-17(21)26(34-29)36-31/h1-12,41-44H,(H2,33,34,35,36,37,38,39,40). The quantitative estimate of drug-likeness (QED) is 0.0936. The number of nitrogens with zero attached hydrogens (tertiary/aromatic N) is 6. The van der Waals surface area contributed by atoms with Crippen LogP contribution in [0.5, 0.6) is 0 Å². The molecular formula is C32H18N8S4. The number of aromatic nitrogens is 8. The predicted molar refractivity (Wildman–Crippen MR) is 185 cm³/mol. The van der Waals surface area contributed by atoms with E-state index >= 15 is 0 Å². The molecule has 2 N–H and O–H groups in total. The molecule has 5 heterocycles. The Morgan fingerprint density at radius 1 is 0.409 bits per heavy atom. The molecule has 8 bridgehead atoms. The molecular weight excluding hydrogens is 625 g/mol. The van der Waals surface area contributed by atoms with Crippen molar-refractivity contribution < 1.29 is 0 Å². The first-order chi connectivity index (χ1) is 21.4. The van der Waals surface area contributed by atoms with Gasteiger partial charge in [0.2, 0.25) is 0 Å². The third kappa shape index (κ3) is 3.98. The predicted octanol–water partition coefficient (Wildman–Crippen LogP) is 8.02. The molecule has 0 fully saturated rings. The molecule has 12 heteroatoms. The van der Waals surface area contributed by atoms with Crippen molar-refractivity contribution in [2.75, 3.05) is 0 Å². The first-order valence-corrected chi connectivity index (χ1v) is 15.3. The molecule has 0 radical (unpaired) electrons. The van der Waals surface area contributed by atoms with Gasteiger partial charge in [-0.3, -0.25) is 0 Å². The molecule has 0 aliphatic carbocycles. The minimum atomic E-state index is 0.511. The minimum Gasteiger partial charge on any atom is -0.324 e. The number of hydrogen-bond donors (Lipinski definition) is 6. The molecule has 2 aliphatic heterocycles. The topological polar surface area (TPSA) is 109 Å². The summed E-state index contributed by atoms with van der Waals surface area (Å²) in [6, 6.07) is 23.4. The van der Waals surface area contributed by atoms with Crippen molar-refractivity contribution in [2.45, 2.75) is 19.6 Å². The summed E-state index contributed by atoms with van der Waals surface area (Å²) in [6.45, 7) is 0. The first kappa shape index (κ1) is 26.1. The van der Waals surface area contributed by atoms with Gasteiger partial charge >= 0.3 is 0 Å². The fourth-order valence-electron chi connectivity index (χ4n) is 5.79. The van der Waals surface area contributed by atoms with Crippen LogP contribution in [0.25, 0.3) is 89.7 Å². The lowest BCUT2D eigenvalue weighted by Gasteiger charge is -1.99. The third-order valence-electron chi connectivity index (χ3n) is 7.79. The van der Waals surface area contributed by atoms with E-state index in [9.17, 15) is 0 Å². The van der Waals surface area contributed by atoms with Gasteiger partial charge in [0, 0.05) is 63.4 Å². The number of fused-ring (bicyclic) bond motifs is 20. The number of thiol groups is 4. The maximum Gasteiger partial charge on any atom is 0.164 e. The maximum atomic E-state index is 5.04. The molecule has 9 rings (SSSR count). The van der Waals surface area contributed by atoms with Crippen LogP contribution in [0.3, 0.4) is 0 Å². The maximum absolute atomic E-state index is 5.04. The second-order valence-electron chi connectivity index (χ2n) is 10.5. The van der Waals surface area contributed by atoms with Gasteiger partial charge in [-0.25, -0.2) is 29.9 Å². The van der Waals surface area contributed by atoms with Gasteiger partial charge in [-0.15, -0.1) is 50.5 Å². The van der Waals surface area contributed by atoms with Crippen molar-refractivity contribution in [1.82, 2.24) is 39.9 Å². The molecule has 0 spiro atoms. The number of rotatable bonds is 0. The molecule has 4 aromatic carbocycles. The smallest absolute Gasteiger partial charge is 0.164 e. The minimum absolute atomic E-state index is 0.511. The molecule has 2 aliphatic rings. The van der Waals surface area contributed by atoms with Crippen LogP contribution >= 0.6 is 50.5 Å². The number of H-pyrrole nitrogens is 2. The highest BCUT2D eigenvalue weighted by Gasteiger charge is 2.23. The van der Waals surface area contributed by atoms with Crippen LogP contribution in [0, 0.1) is 0 Å². The largest absolute Gasteiger partial charge is 0.324 e. The Labute approximate surface area is 271 Å². The Kier molecular flexibility index (Phi) is 5.67. The average Bonchev–Trinajstić information content (AvgIpc) is 3.72. The Balaban J connectivity index is 1.52. The molecule has 0 saturated carbocycles. The van der Waals surface area contributed by atoms with E-state index in [1.165, 1.54) is 0 Å². The summed E-state index contributed by atoms with van der Waals surface area (Å²) in [5.41, 5.74) is 5.74. The molecule has 44 heavy (non-hydrogen) atoms. The molecule has 0 atom stereocenters. The lowest BCUT2D eigenvalue weighted by molar-refractivity contribution is 1.19. The van der Waals surface area contributed by atoms with Crippen LogP contribution in [0.1, 0.15) is 0 Å². The van der Waals surface area contributed by atoms with Crippen molar-refractivity contribution in [1.29, 1.82) is 0 Å². The Morgan fingerprint density at radius 3 is 1.57 bits per heavy atom. The van der Waals surface area contributed by atoms with Crippen molar-refractivity contribution >= 4 is 94.6 Å². The summed E-state index contributed by atoms with van der Waals surface area (Å²) in [7, 11) is 0. The molecule has 7 aromatic rings. The highest BCUT2D eigenvalue weighted by molar-refractivity contribution is 7.81. The van der Waals surface area contributed by atoms with Crippen LogP contribution in [0.2, 0.25) is 0 Å². The molecule has 210 valence electrons. The van der Waals surface area contributed by atoms with Crippen LogP contribution in [-0.2, 0) is 0 Å². The van der Waals surface area contributed by atoms with Crippen LogP contribution in [0.15, 0.2) is 92.4 Å². The lowest BCUT2D eigenvalue weighted by Crippen LogP contribution is -1.83. The van der Waals surface area contributed by atoms with E-state index in [1.807, 2.05) is 72.8 Å². The van der Waals surface area contributed by atoms with E-state index in [0.29, 0.717) is 45.9 Å². The van der Waals surface area contributed by atoms with Crippen molar-refractivity contribution in [3.8, 4) is 45.6 Å². The lowest BCUT2D eigenvalue weighted by atomic mass is 10.1. The van der Waals surface area contributed by atoms with Gasteiger partial charge in [0.05, 0.1) is 0 Å². The number of benzene rings is 4. The summed E-state index contributed by atoms with van der Waals surface area (Å²) >= 11 is 18.6. The molecule has 0 saturated heterocycles. The van der Waals surface area contributed by atoms with Gasteiger partial charge < -0.3 is 9.97 Å². The van der Waals surface area contributed by atoms with Crippen LogP contribution in [0.4, 0.5) is 0 Å². The summed E-state index contributed by atoms with van der Waals surface area (Å²) in [6.07, 6.45) is 0. The Bertz CT molecular complexity index is 2560. The average molecular weight is 643 g/mol. The summed E-state index contributed by atoms with van der Waals surface area (Å²) in [5, 5.41) is 3.42. The molecule has 0 unspecified atom stereocenters. The molecule has 0 amide bonds. The first-order valence-electron chi connectivity index (χ1n) is 13.5. The fraction of sp³-hybridized carbons (Fsp3) is 0. The van der Waals surface area contributed by atoms with E-state index in [4.69, 9.17) is 42.5 Å². The van der Waals surface area contributed by atoms with Crippen LogP contribution in [-0.4, -0.2) is 39.9 Å². The summed E-state index contributed by atoms with van der Waals surface area (Å²) in [4.78, 5) is 40.0. The third-order valence-corrected chi connectivity index (χ3v) is 8.99. The Morgan fingerprint density at radius 2 is 0.909 bits per heavy atom. The van der Waals surface area contributed by atoms with Gasteiger partial charge in [-0.05, 0) is 60.7 Å². The SMILES string of the molecule is Sc1ccc2c(c1)-c1nc-2nc2[nH]c(nc3nc(nc4[nH]c(n1)c1ccc(S)cc41)-c1ccc(S)cc1-3)c1cccc(S)c21. The highest BCUT2D eigenvalue weighted by Crippen LogP contribution is 2.39. The van der Waals surface area contributed by atoms with E-state index < -0.39 is 0 Å². The second kappa shape index (κ2) is 9.57. The summed E-state index contributed by atoms with van der Waals surface area (Å²) < 4.78 is 0. The monoisotopic (exact) mass is 642 g/mol. The number of aromatic amines is 2. The zero-order valence-corrected chi connectivity index (χ0v) is 26.0.